The van der Waals surface area contributed by atoms with Crippen molar-refractivity contribution in [2.75, 3.05) is 18.9 Å². The Morgan fingerprint density at radius 1 is 1.40 bits per heavy atom. The van der Waals surface area contributed by atoms with Gasteiger partial charge in [-0.25, -0.2) is 4.98 Å². The first kappa shape index (κ1) is 25.3. The lowest BCUT2D eigenvalue weighted by molar-refractivity contribution is -0.143. The number of aliphatic hydroxyl groups excluding tert-OH is 1. The van der Waals surface area contributed by atoms with Crippen LogP contribution >= 0.6 is 11.3 Å². The van der Waals surface area contributed by atoms with E-state index < -0.39 is 6.10 Å². The minimum Gasteiger partial charge on any atom is -0.392 e. The number of hydrogen-bond donors (Lipinski definition) is 2. The average molecular weight is 496 g/mol. The van der Waals surface area contributed by atoms with E-state index in [1.807, 2.05) is 6.92 Å². The molecule has 0 aromatic carbocycles. The smallest absolute Gasteiger partial charge is 0.257 e. The Morgan fingerprint density at radius 2 is 2.11 bits per heavy atom. The van der Waals surface area contributed by atoms with Crippen molar-refractivity contribution in [2.24, 2.45) is 23.2 Å². The Balaban J connectivity index is 1.52. The summed E-state index contributed by atoms with van der Waals surface area (Å²) < 4.78 is 0. The molecule has 2 aromatic heterocycles. The average Bonchev–Trinajstić information content (AvgIpc) is 3.24. The predicted molar refractivity (Wildman–Crippen MR) is 134 cm³/mol. The highest BCUT2D eigenvalue weighted by Crippen LogP contribution is 2.57. The highest BCUT2D eigenvalue weighted by Gasteiger charge is 2.54. The molecule has 6 atom stereocenters. The monoisotopic (exact) mass is 495 g/mol. The number of aliphatic hydroxyl groups is 1. The van der Waals surface area contributed by atoms with E-state index in [0.717, 1.165) is 29.8 Å². The van der Waals surface area contributed by atoms with Gasteiger partial charge >= 0.3 is 0 Å². The number of aromatic nitrogens is 2. The summed E-state index contributed by atoms with van der Waals surface area (Å²) in [5.41, 5.74) is 1.36. The molecule has 2 aliphatic rings. The Kier molecular flexibility index (Phi) is 7.25. The largest absolute Gasteiger partial charge is 0.392 e. The van der Waals surface area contributed by atoms with Crippen molar-refractivity contribution in [1.82, 2.24) is 14.9 Å². The SMILES string of the molecule is C[C@H](C(=O)N(C)CCC#N)[C@@H]1CC[C@]2(C)Cc3sc(NC(=O)c4ccncc4)nc3[C@@H](C)[C@@H]2[C@H]1O. The quantitative estimate of drug-likeness (QED) is 0.628. The maximum Gasteiger partial charge on any atom is 0.257 e. The first-order valence-electron chi connectivity index (χ1n) is 12.2. The zero-order valence-electron chi connectivity index (χ0n) is 20.7. The fourth-order valence-corrected chi connectivity index (χ4v) is 7.39. The van der Waals surface area contributed by atoms with Crippen molar-refractivity contribution in [2.45, 2.75) is 58.5 Å². The molecule has 1 fully saturated rings. The van der Waals surface area contributed by atoms with Crippen molar-refractivity contribution in [1.29, 1.82) is 5.26 Å². The van der Waals surface area contributed by atoms with Crippen molar-refractivity contribution < 1.29 is 14.7 Å². The zero-order valence-corrected chi connectivity index (χ0v) is 21.5. The van der Waals surface area contributed by atoms with E-state index in [1.54, 1.807) is 36.5 Å². The fraction of sp³-hybridized carbons (Fsp3) is 0.577. The summed E-state index contributed by atoms with van der Waals surface area (Å²) in [6, 6.07) is 5.41. The molecular formula is C26H33N5O3S. The first-order chi connectivity index (χ1) is 16.7. The van der Waals surface area contributed by atoms with Gasteiger partial charge in [-0.2, -0.15) is 5.26 Å². The second kappa shape index (κ2) is 10.0. The number of thiazole rings is 1. The molecule has 2 heterocycles. The van der Waals surface area contributed by atoms with Crippen LogP contribution in [0.4, 0.5) is 5.13 Å². The van der Waals surface area contributed by atoms with E-state index in [2.05, 4.69) is 30.2 Å². The number of anilines is 1. The first-order valence-corrected chi connectivity index (χ1v) is 13.0. The van der Waals surface area contributed by atoms with Crippen molar-refractivity contribution in [3.05, 3.63) is 40.7 Å². The third-order valence-electron chi connectivity index (χ3n) is 8.05. The van der Waals surface area contributed by atoms with Gasteiger partial charge in [0.05, 0.1) is 24.3 Å². The van der Waals surface area contributed by atoms with Crippen LogP contribution in [0, 0.1) is 34.5 Å². The summed E-state index contributed by atoms with van der Waals surface area (Å²) in [5, 5.41) is 23.9. The van der Waals surface area contributed by atoms with Gasteiger partial charge in [0.1, 0.15) is 0 Å². The number of fused-ring (bicyclic) bond motifs is 2. The molecule has 1 saturated carbocycles. The maximum absolute atomic E-state index is 13.0. The molecule has 8 nitrogen and oxygen atoms in total. The van der Waals surface area contributed by atoms with Gasteiger partial charge in [0.2, 0.25) is 5.91 Å². The lowest BCUT2D eigenvalue weighted by Crippen LogP contribution is -2.53. The number of carbonyl (C=O) groups excluding carboxylic acids is 2. The van der Waals surface area contributed by atoms with Crippen LogP contribution in [0.5, 0.6) is 0 Å². The lowest BCUT2D eigenvalue weighted by atomic mass is 9.53. The van der Waals surface area contributed by atoms with Crippen LogP contribution in [0.15, 0.2) is 24.5 Å². The standard InChI is InChI=1S/C26H33N5O3S/c1-15(24(34)31(4)13-5-10-27)18-6-9-26(3)14-19-21(16(2)20(26)22(18)32)29-25(35-19)30-23(33)17-7-11-28-12-8-17/h7-8,11-12,15-16,18,20,22,32H,5-6,9,13-14H2,1-4H3,(H,29,30,33)/t15-,16-,18-,20+,22-,26+/m0/s1. The Hall–Kier alpha value is -2.83. The van der Waals surface area contributed by atoms with Crippen LogP contribution in [0.2, 0.25) is 0 Å². The van der Waals surface area contributed by atoms with Crippen molar-refractivity contribution in [3.63, 3.8) is 0 Å². The summed E-state index contributed by atoms with van der Waals surface area (Å²) in [6.45, 7) is 6.63. The van der Waals surface area contributed by atoms with Crippen LogP contribution < -0.4 is 5.32 Å². The van der Waals surface area contributed by atoms with E-state index in [0.29, 0.717) is 23.7 Å². The number of nitriles is 1. The Labute approximate surface area is 210 Å². The Morgan fingerprint density at radius 3 is 2.80 bits per heavy atom. The number of rotatable bonds is 6. The number of carbonyl (C=O) groups is 2. The van der Waals surface area contributed by atoms with E-state index in [9.17, 15) is 14.7 Å². The molecule has 2 aliphatic carbocycles. The number of amides is 2. The van der Waals surface area contributed by atoms with Gasteiger partial charge in [-0.3, -0.25) is 19.9 Å². The number of hydrogen-bond acceptors (Lipinski definition) is 7. The second-order valence-corrected chi connectivity index (χ2v) is 11.4. The molecule has 2 amide bonds. The summed E-state index contributed by atoms with van der Waals surface area (Å²) in [5.74, 6) is -0.729. The zero-order chi connectivity index (χ0) is 25.3. The maximum atomic E-state index is 13.0. The predicted octanol–water partition coefficient (Wildman–Crippen LogP) is 3.85. The topological polar surface area (TPSA) is 119 Å². The molecule has 186 valence electrons. The summed E-state index contributed by atoms with van der Waals surface area (Å²) in [6.07, 6.45) is 5.33. The molecule has 0 unspecified atom stereocenters. The molecule has 2 N–H and O–H groups in total. The van der Waals surface area contributed by atoms with Gasteiger partial charge in [-0.1, -0.05) is 20.8 Å². The molecule has 35 heavy (non-hydrogen) atoms. The van der Waals surface area contributed by atoms with Crippen molar-refractivity contribution >= 4 is 28.3 Å². The van der Waals surface area contributed by atoms with E-state index in [-0.39, 0.29) is 40.9 Å². The number of pyridine rings is 1. The van der Waals surface area contributed by atoms with Gasteiger partial charge in [0, 0.05) is 48.3 Å². The number of nitrogens with zero attached hydrogens (tertiary/aromatic N) is 4. The van der Waals surface area contributed by atoms with Crippen LogP contribution in [0.1, 0.15) is 66.9 Å². The fourth-order valence-electron chi connectivity index (χ4n) is 6.13. The van der Waals surface area contributed by atoms with E-state index in [4.69, 9.17) is 10.2 Å². The van der Waals surface area contributed by atoms with Crippen LogP contribution in [0.3, 0.4) is 0 Å². The van der Waals surface area contributed by atoms with Gasteiger partial charge in [0.15, 0.2) is 5.13 Å². The molecule has 0 saturated heterocycles. The van der Waals surface area contributed by atoms with Gasteiger partial charge in [0.25, 0.3) is 5.91 Å². The van der Waals surface area contributed by atoms with E-state index >= 15 is 0 Å². The van der Waals surface area contributed by atoms with Gasteiger partial charge in [-0.15, -0.1) is 11.3 Å². The molecule has 0 aliphatic heterocycles. The summed E-state index contributed by atoms with van der Waals surface area (Å²) in [7, 11) is 1.72. The third-order valence-corrected chi connectivity index (χ3v) is 9.04. The second-order valence-electron chi connectivity index (χ2n) is 10.3. The highest BCUT2D eigenvalue weighted by atomic mass is 32.1. The third kappa shape index (κ3) is 4.82. The molecule has 4 rings (SSSR count). The lowest BCUT2D eigenvalue weighted by Gasteiger charge is -2.53. The minimum atomic E-state index is -0.628. The molecule has 2 aromatic rings. The van der Waals surface area contributed by atoms with Gasteiger partial charge in [-0.05, 0) is 48.6 Å². The summed E-state index contributed by atoms with van der Waals surface area (Å²) in [4.78, 5) is 37.1. The molecule has 0 spiro atoms. The highest BCUT2D eigenvalue weighted by molar-refractivity contribution is 7.15. The normalized spacial score (nSPS) is 28.2. The molecular weight excluding hydrogens is 462 g/mol. The van der Waals surface area contributed by atoms with Crippen molar-refractivity contribution in [3.8, 4) is 6.07 Å². The molecule has 9 heteroatoms. The van der Waals surface area contributed by atoms with Crippen LogP contribution in [0.25, 0.3) is 0 Å². The number of nitrogens with one attached hydrogen (secondary N) is 1. The molecule has 0 radical (unpaired) electrons. The molecule has 0 bridgehead atoms. The minimum absolute atomic E-state index is 0.00278. The van der Waals surface area contributed by atoms with Gasteiger partial charge < -0.3 is 10.0 Å². The summed E-state index contributed by atoms with van der Waals surface area (Å²) >= 11 is 1.51. The van der Waals surface area contributed by atoms with Crippen LogP contribution in [-0.4, -0.2) is 51.5 Å². The van der Waals surface area contributed by atoms with Crippen LogP contribution in [-0.2, 0) is 11.2 Å². The Bertz CT molecular complexity index is 1130. The van der Waals surface area contributed by atoms with E-state index in [1.165, 1.54) is 11.3 Å².